The van der Waals surface area contributed by atoms with Crippen LogP contribution in [0.15, 0.2) is 0 Å². The minimum Gasteiger partial charge on any atom is -0.480 e. The molecule has 0 aliphatic carbocycles. The summed E-state index contributed by atoms with van der Waals surface area (Å²) in [6, 6.07) is -1.09. The third-order valence-corrected chi connectivity index (χ3v) is 3.78. The molecule has 0 saturated heterocycles. The second kappa shape index (κ2) is 11.2. The minimum atomic E-state index is -1.78. The Morgan fingerprint density at radius 2 is 1.55 bits per heavy atom. The van der Waals surface area contributed by atoms with Crippen molar-refractivity contribution >= 4 is 29.8 Å². The maximum atomic E-state index is 11.9. The van der Waals surface area contributed by atoms with E-state index in [1.807, 2.05) is 0 Å². The van der Waals surface area contributed by atoms with Crippen LogP contribution in [-0.4, -0.2) is 63.8 Å². The molecule has 0 aliphatic rings. The van der Waals surface area contributed by atoms with Gasteiger partial charge in [-0.15, -0.1) is 0 Å². The fourth-order valence-corrected chi connectivity index (χ4v) is 2.58. The second-order valence-electron chi connectivity index (χ2n) is 7.76. The Bertz CT molecular complexity index is 629. The highest BCUT2D eigenvalue weighted by Gasteiger charge is 2.39. The molecule has 0 heterocycles. The number of carbonyl (C=O) groups is 5. The highest BCUT2D eigenvalue weighted by atomic mass is 16.6. The molecule has 0 spiro atoms. The molecule has 29 heavy (non-hydrogen) atoms. The summed E-state index contributed by atoms with van der Waals surface area (Å²) in [5.74, 6) is -3.63. The lowest BCUT2D eigenvalue weighted by molar-refractivity contribution is -0.147. The fraction of sp³-hybridized carbons (Fsp3) is 0.722. The van der Waals surface area contributed by atoms with Gasteiger partial charge >= 0.3 is 18.0 Å². The second-order valence-corrected chi connectivity index (χ2v) is 7.76. The van der Waals surface area contributed by atoms with Gasteiger partial charge in [-0.2, -0.15) is 0 Å². The molecule has 0 radical (unpaired) electrons. The molecular weight excluding hydrogens is 386 g/mol. The topological polar surface area (TPSA) is 171 Å². The van der Waals surface area contributed by atoms with E-state index in [4.69, 9.17) is 9.84 Å². The molecule has 0 bridgehead atoms. The standard InChI is InChI=1S/C18H31N3O8/c1-11(22)20-13(14(24)25)8-6-7-9-18(15(26)27,21-12(2)23)10-19-16(28)29-17(3,4)5/h13H,6-10H2,1-5H3,(H,19,28)(H,20,22)(H,21,23)(H,24,25)(H,26,27). The lowest BCUT2D eigenvalue weighted by Gasteiger charge is -2.31. The monoisotopic (exact) mass is 417 g/mol. The van der Waals surface area contributed by atoms with Gasteiger partial charge in [0.1, 0.15) is 11.6 Å². The number of hydrogen-bond acceptors (Lipinski definition) is 6. The van der Waals surface area contributed by atoms with Gasteiger partial charge in [0.2, 0.25) is 11.8 Å². The predicted octanol–water partition coefficient (Wildman–Crippen LogP) is 0.620. The Balaban J connectivity index is 5.06. The van der Waals surface area contributed by atoms with Crippen LogP contribution >= 0.6 is 0 Å². The normalized spacial score (nSPS) is 14.1. The molecule has 0 rings (SSSR count). The first kappa shape index (κ1) is 26.1. The van der Waals surface area contributed by atoms with Gasteiger partial charge in [0.05, 0.1) is 6.54 Å². The summed E-state index contributed by atoms with van der Waals surface area (Å²) in [6.45, 7) is 6.90. The molecule has 0 aromatic rings. The molecule has 11 nitrogen and oxygen atoms in total. The van der Waals surface area contributed by atoms with E-state index in [-0.39, 0.29) is 25.7 Å². The zero-order chi connectivity index (χ0) is 22.8. The van der Waals surface area contributed by atoms with Crippen LogP contribution in [0.2, 0.25) is 0 Å². The van der Waals surface area contributed by atoms with Gasteiger partial charge in [-0.3, -0.25) is 9.59 Å². The lowest BCUT2D eigenvalue weighted by Crippen LogP contribution is -2.60. The molecule has 3 amide bonds. The van der Waals surface area contributed by atoms with Crippen molar-refractivity contribution in [3.63, 3.8) is 0 Å². The van der Waals surface area contributed by atoms with Gasteiger partial charge in [-0.05, 0) is 33.6 Å². The summed E-state index contributed by atoms with van der Waals surface area (Å²) in [7, 11) is 0. The molecule has 0 aromatic heterocycles. The van der Waals surface area contributed by atoms with Crippen molar-refractivity contribution in [3.8, 4) is 0 Å². The van der Waals surface area contributed by atoms with E-state index < -0.39 is 53.6 Å². The molecule has 0 fully saturated rings. The SMILES string of the molecule is CC(=O)NC(CCCCC(CNC(=O)OC(C)(C)C)(NC(C)=O)C(=O)O)C(=O)O. The molecule has 0 aliphatic heterocycles. The summed E-state index contributed by atoms with van der Waals surface area (Å²) in [5, 5.41) is 25.8. The van der Waals surface area contributed by atoms with Crippen LogP contribution in [0.25, 0.3) is 0 Å². The number of nitrogens with one attached hydrogen (secondary N) is 3. The number of alkyl carbamates (subject to hydrolysis) is 1. The highest BCUT2D eigenvalue weighted by Crippen LogP contribution is 2.17. The number of carboxylic acid groups (broad SMARTS) is 2. The first-order valence-electron chi connectivity index (χ1n) is 9.17. The molecule has 0 aromatic carbocycles. The Morgan fingerprint density at radius 1 is 0.966 bits per heavy atom. The number of unbranched alkanes of at least 4 members (excludes halogenated alkanes) is 1. The van der Waals surface area contributed by atoms with Crippen molar-refractivity contribution in [1.29, 1.82) is 0 Å². The zero-order valence-electron chi connectivity index (χ0n) is 17.5. The number of carbonyl (C=O) groups excluding carboxylic acids is 3. The van der Waals surface area contributed by atoms with Gasteiger partial charge < -0.3 is 30.9 Å². The average Bonchev–Trinajstić information content (AvgIpc) is 2.52. The van der Waals surface area contributed by atoms with Crippen LogP contribution in [0.3, 0.4) is 0 Å². The summed E-state index contributed by atoms with van der Waals surface area (Å²) in [4.78, 5) is 57.5. The fourth-order valence-electron chi connectivity index (χ4n) is 2.58. The first-order valence-corrected chi connectivity index (χ1v) is 9.17. The molecule has 11 heteroatoms. The van der Waals surface area contributed by atoms with Crippen LogP contribution in [0.5, 0.6) is 0 Å². The predicted molar refractivity (Wildman–Crippen MR) is 102 cm³/mol. The van der Waals surface area contributed by atoms with Gasteiger partial charge in [0.25, 0.3) is 0 Å². The Hall–Kier alpha value is -2.85. The van der Waals surface area contributed by atoms with Crippen LogP contribution in [-0.2, 0) is 23.9 Å². The van der Waals surface area contributed by atoms with Crippen molar-refractivity contribution in [2.45, 2.75) is 77.5 Å². The van der Waals surface area contributed by atoms with Crippen LogP contribution in [0, 0.1) is 0 Å². The third-order valence-electron chi connectivity index (χ3n) is 3.78. The van der Waals surface area contributed by atoms with Gasteiger partial charge in [-0.25, -0.2) is 14.4 Å². The molecule has 2 unspecified atom stereocenters. The molecule has 0 saturated carbocycles. The smallest absolute Gasteiger partial charge is 0.407 e. The van der Waals surface area contributed by atoms with Crippen molar-refractivity contribution in [3.05, 3.63) is 0 Å². The number of rotatable bonds is 11. The quantitative estimate of drug-likeness (QED) is 0.304. The van der Waals surface area contributed by atoms with Crippen molar-refractivity contribution in [2.24, 2.45) is 0 Å². The van der Waals surface area contributed by atoms with Crippen LogP contribution in [0.4, 0.5) is 4.79 Å². The van der Waals surface area contributed by atoms with Crippen molar-refractivity contribution in [2.75, 3.05) is 6.54 Å². The highest BCUT2D eigenvalue weighted by molar-refractivity contribution is 5.87. The minimum absolute atomic E-state index is 0.0654. The number of aliphatic carboxylic acids is 2. The average molecular weight is 417 g/mol. The largest absolute Gasteiger partial charge is 0.480 e. The van der Waals surface area contributed by atoms with E-state index in [0.29, 0.717) is 0 Å². The zero-order valence-corrected chi connectivity index (χ0v) is 17.5. The number of amides is 3. The van der Waals surface area contributed by atoms with Gasteiger partial charge in [-0.1, -0.05) is 12.8 Å². The van der Waals surface area contributed by atoms with Gasteiger partial charge in [0, 0.05) is 13.8 Å². The van der Waals surface area contributed by atoms with E-state index in [2.05, 4.69) is 16.0 Å². The molecule has 166 valence electrons. The van der Waals surface area contributed by atoms with E-state index in [1.54, 1.807) is 20.8 Å². The number of ether oxygens (including phenoxy) is 1. The number of hydrogen-bond donors (Lipinski definition) is 5. The van der Waals surface area contributed by atoms with E-state index in [0.717, 1.165) is 6.92 Å². The summed E-state index contributed by atoms with van der Waals surface area (Å²) < 4.78 is 5.08. The lowest BCUT2D eigenvalue weighted by atomic mass is 9.91. The molecular formula is C18H31N3O8. The summed E-state index contributed by atoms with van der Waals surface area (Å²) in [6.07, 6.45) is -0.302. The van der Waals surface area contributed by atoms with Crippen LogP contribution in [0.1, 0.15) is 60.3 Å². The maximum Gasteiger partial charge on any atom is 0.407 e. The third kappa shape index (κ3) is 10.9. The Kier molecular flexibility index (Phi) is 10.1. The van der Waals surface area contributed by atoms with Crippen LogP contribution < -0.4 is 16.0 Å². The summed E-state index contributed by atoms with van der Waals surface area (Å²) >= 11 is 0. The van der Waals surface area contributed by atoms with Crippen molar-refractivity contribution in [1.82, 2.24) is 16.0 Å². The Labute approximate surface area is 169 Å². The van der Waals surface area contributed by atoms with Gasteiger partial charge in [0.15, 0.2) is 5.54 Å². The first-order chi connectivity index (χ1) is 13.2. The molecule has 5 N–H and O–H groups in total. The maximum absolute atomic E-state index is 11.9. The summed E-state index contributed by atoms with van der Waals surface area (Å²) in [5.41, 5.74) is -2.56. The number of carboxylic acids is 2. The van der Waals surface area contributed by atoms with E-state index >= 15 is 0 Å². The van der Waals surface area contributed by atoms with E-state index in [1.165, 1.54) is 6.92 Å². The van der Waals surface area contributed by atoms with E-state index in [9.17, 15) is 29.1 Å². The molecule has 2 atom stereocenters. The Morgan fingerprint density at radius 3 is 1.97 bits per heavy atom. The van der Waals surface area contributed by atoms with Crippen molar-refractivity contribution < 1.29 is 38.9 Å².